The van der Waals surface area contributed by atoms with Gasteiger partial charge in [-0.3, -0.25) is 4.79 Å². The Balaban J connectivity index is 2.24. The Labute approximate surface area is 386 Å². The molecule has 0 bridgehead atoms. The summed E-state index contributed by atoms with van der Waals surface area (Å²) in [5.74, 6) is -0.193. The van der Waals surface area contributed by atoms with E-state index in [1.807, 2.05) is 6.08 Å². The molecule has 1 saturated heterocycles. The fourth-order valence-electron chi connectivity index (χ4n) is 8.12. The van der Waals surface area contributed by atoms with Crippen LogP contribution in [-0.4, -0.2) is 87.5 Å². The van der Waals surface area contributed by atoms with E-state index in [0.717, 1.165) is 51.4 Å². The third kappa shape index (κ3) is 34.2. The average Bonchev–Trinajstić information content (AvgIpc) is 3.28. The number of ether oxygens (including phenoxy) is 2. The van der Waals surface area contributed by atoms with E-state index in [9.17, 15) is 30.3 Å². The summed E-state index contributed by atoms with van der Waals surface area (Å²) in [5.41, 5.74) is 0. The van der Waals surface area contributed by atoms with Crippen molar-refractivity contribution in [1.29, 1.82) is 0 Å². The number of unbranched alkanes of at least 4 members (excludes halogenated alkanes) is 28. The van der Waals surface area contributed by atoms with E-state index in [1.54, 1.807) is 6.08 Å². The van der Waals surface area contributed by atoms with Crippen LogP contribution in [0.25, 0.3) is 0 Å². The number of carbonyl (C=O) groups is 1. The van der Waals surface area contributed by atoms with Gasteiger partial charge in [-0.05, 0) is 70.6 Å². The zero-order valence-electron chi connectivity index (χ0n) is 40.6. The zero-order valence-corrected chi connectivity index (χ0v) is 40.6. The maximum absolute atomic E-state index is 13.0. The second kappa shape index (κ2) is 44.0. The molecule has 7 unspecified atom stereocenters. The summed E-state index contributed by atoms with van der Waals surface area (Å²) < 4.78 is 11.2. The summed E-state index contributed by atoms with van der Waals surface area (Å²) in [5, 5.41) is 54.3. The van der Waals surface area contributed by atoms with Gasteiger partial charge in [0.25, 0.3) is 0 Å². The van der Waals surface area contributed by atoms with Crippen molar-refractivity contribution >= 4 is 5.91 Å². The standard InChI is InChI=1S/C54H99NO8/c1-3-5-7-9-11-13-15-17-19-20-21-22-23-24-25-26-27-28-29-30-32-34-36-38-40-42-44-50(58)55-47(46-62-54-53(61)52(60)51(59)49(45-56)63-54)48(57)43-41-39-37-35-33-31-18-16-14-12-10-8-6-4-2/h14,16,24-25,33,35,41,43,47-49,51-54,56-57,59-61H,3-13,15,17-23,26-32,34,36-40,42,44-46H2,1-2H3,(H,55,58)/b16-14+,25-24-,35-33+,43-41+. The predicted molar refractivity (Wildman–Crippen MR) is 263 cm³/mol. The molecule has 1 fully saturated rings. The highest BCUT2D eigenvalue weighted by atomic mass is 16.7. The van der Waals surface area contributed by atoms with Gasteiger partial charge in [-0.25, -0.2) is 0 Å². The zero-order chi connectivity index (χ0) is 45.9. The summed E-state index contributed by atoms with van der Waals surface area (Å²) >= 11 is 0. The lowest BCUT2D eigenvalue weighted by molar-refractivity contribution is -0.302. The molecule has 1 heterocycles. The lowest BCUT2D eigenvalue weighted by Gasteiger charge is -2.40. The van der Waals surface area contributed by atoms with E-state index < -0.39 is 49.5 Å². The van der Waals surface area contributed by atoms with Gasteiger partial charge in [-0.1, -0.05) is 204 Å². The maximum Gasteiger partial charge on any atom is 0.220 e. The van der Waals surface area contributed by atoms with Crippen LogP contribution >= 0.6 is 0 Å². The number of carbonyl (C=O) groups excluding carboxylic acids is 1. The lowest BCUT2D eigenvalue weighted by atomic mass is 9.99. The van der Waals surface area contributed by atoms with E-state index in [1.165, 1.54) is 161 Å². The number of nitrogens with one attached hydrogen (secondary N) is 1. The quantitative estimate of drug-likeness (QED) is 0.0262. The molecule has 0 saturated carbocycles. The van der Waals surface area contributed by atoms with Crippen LogP contribution in [0.1, 0.15) is 232 Å². The number of aliphatic hydroxyl groups is 5. The topological polar surface area (TPSA) is 149 Å². The third-order valence-corrected chi connectivity index (χ3v) is 12.4. The van der Waals surface area contributed by atoms with Gasteiger partial charge in [0.05, 0.1) is 25.4 Å². The molecule has 0 aromatic heterocycles. The molecule has 0 aliphatic carbocycles. The molecule has 6 N–H and O–H groups in total. The van der Waals surface area contributed by atoms with Crippen molar-refractivity contribution in [1.82, 2.24) is 5.32 Å². The van der Waals surface area contributed by atoms with Crippen LogP contribution in [0, 0.1) is 0 Å². The molecule has 1 rings (SSSR count). The van der Waals surface area contributed by atoms with E-state index >= 15 is 0 Å². The normalized spacial score (nSPS) is 20.5. The van der Waals surface area contributed by atoms with Gasteiger partial charge in [-0.2, -0.15) is 0 Å². The summed E-state index contributed by atoms with van der Waals surface area (Å²) in [4.78, 5) is 13.0. The van der Waals surface area contributed by atoms with Crippen LogP contribution in [0.5, 0.6) is 0 Å². The number of aliphatic hydroxyl groups excluding tert-OH is 5. The van der Waals surface area contributed by atoms with Crippen LogP contribution in [-0.2, 0) is 14.3 Å². The van der Waals surface area contributed by atoms with Gasteiger partial charge in [0.2, 0.25) is 5.91 Å². The van der Waals surface area contributed by atoms with E-state index in [0.29, 0.717) is 6.42 Å². The molecule has 1 aliphatic rings. The molecule has 9 heteroatoms. The van der Waals surface area contributed by atoms with Gasteiger partial charge >= 0.3 is 0 Å². The Kier molecular flexibility index (Phi) is 41.3. The molecule has 0 aromatic carbocycles. The van der Waals surface area contributed by atoms with Crippen LogP contribution in [0.4, 0.5) is 0 Å². The van der Waals surface area contributed by atoms with Crippen LogP contribution in [0.2, 0.25) is 0 Å². The van der Waals surface area contributed by atoms with E-state index in [2.05, 4.69) is 55.6 Å². The van der Waals surface area contributed by atoms with Crippen molar-refractivity contribution in [3.05, 3.63) is 48.6 Å². The molecular formula is C54H99NO8. The molecule has 0 spiro atoms. The Bertz CT molecular complexity index is 1130. The predicted octanol–water partition coefficient (Wildman–Crippen LogP) is 12.2. The molecule has 1 aliphatic heterocycles. The molecule has 9 nitrogen and oxygen atoms in total. The number of hydrogen-bond donors (Lipinski definition) is 6. The minimum absolute atomic E-state index is 0.193. The first-order valence-electron chi connectivity index (χ1n) is 26.4. The number of hydrogen-bond acceptors (Lipinski definition) is 8. The molecule has 0 aromatic rings. The molecule has 0 radical (unpaired) electrons. The molecule has 1 amide bonds. The van der Waals surface area contributed by atoms with Gasteiger partial charge in [0.1, 0.15) is 24.4 Å². The molecule has 368 valence electrons. The molecule has 7 atom stereocenters. The van der Waals surface area contributed by atoms with Crippen molar-refractivity contribution in [3.63, 3.8) is 0 Å². The largest absolute Gasteiger partial charge is 0.394 e. The number of amides is 1. The lowest BCUT2D eigenvalue weighted by Crippen LogP contribution is -2.60. The maximum atomic E-state index is 13.0. The highest BCUT2D eigenvalue weighted by Gasteiger charge is 2.44. The second-order valence-corrected chi connectivity index (χ2v) is 18.3. The van der Waals surface area contributed by atoms with Crippen molar-refractivity contribution in [2.24, 2.45) is 0 Å². The van der Waals surface area contributed by atoms with Crippen molar-refractivity contribution in [2.45, 2.75) is 275 Å². The number of allylic oxidation sites excluding steroid dienone is 7. The van der Waals surface area contributed by atoms with Gasteiger partial charge in [0, 0.05) is 6.42 Å². The highest BCUT2D eigenvalue weighted by molar-refractivity contribution is 5.76. The Morgan fingerprint density at radius 1 is 0.524 bits per heavy atom. The van der Waals surface area contributed by atoms with Gasteiger partial charge < -0.3 is 40.3 Å². The van der Waals surface area contributed by atoms with E-state index in [4.69, 9.17) is 9.47 Å². The van der Waals surface area contributed by atoms with Crippen LogP contribution in [0.3, 0.4) is 0 Å². The monoisotopic (exact) mass is 890 g/mol. The Morgan fingerprint density at radius 2 is 0.905 bits per heavy atom. The van der Waals surface area contributed by atoms with Crippen LogP contribution < -0.4 is 5.32 Å². The second-order valence-electron chi connectivity index (χ2n) is 18.3. The number of rotatable bonds is 44. The first-order chi connectivity index (χ1) is 30.8. The van der Waals surface area contributed by atoms with E-state index in [-0.39, 0.29) is 12.5 Å². The summed E-state index contributed by atoms with van der Waals surface area (Å²) in [6.07, 6.45) is 50.3. The highest BCUT2D eigenvalue weighted by Crippen LogP contribution is 2.23. The first-order valence-corrected chi connectivity index (χ1v) is 26.4. The SMILES string of the molecule is CCCCCC/C=C/CC/C=C/CC/C=C/C(O)C(COC1OC(CO)C(O)C(O)C1O)NC(=O)CCCCCCCCCCCC/C=C\CCCCCCCCCCCCCC. The van der Waals surface area contributed by atoms with Gasteiger partial charge in [0.15, 0.2) is 6.29 Å². The summed E-state index contributed by atoms with van der Waals surface area (Å²) in [7, 11) is 0. The third-order valence-electron chi connectivity index (χ3n) is 12.4. The van der Waals surface area contributed by atoms with Crippen LogP contribution in [0.15, 0.2) is 48.6 Å². The van der Waals surface area contributed by atoms with Crippen molar-refractivity contribution in [3.8, 4) is 0 Å². The summed E-state index contributed by atoms with van der Waals surface area (Å²) in [6.45, 7) is 3.74. The van der Waals surface area contributed by atoms with Crippen molar-refractivity contribution < 1.29 is 39.8 Å². The average molecular weight is 890 g/mol. The van der Waals surface area contributed by atoms with Gasteiger partial charge in [-0.15, -0.1) is 0 Å². The first kappa shape index (κ1) is 59.2. The summed E-state index contributed by atoms with van der Waals surface area (Å²) in [6, 6.07) is -0.828. The minimum Gasteiger partial charge on any atom is -0.394 e. The fourth-order valence-corrected chi connectivity index (χ4v) is 8.12. The van der Waals surface area contributed by atoms with Crippen molar-refractivity contribution in [2.75, 3.05) is 13.2 Å². The molecular weight excluding hydrogens is 791 g/mol. The smallest absolute Gasteiger partial charge is 0.220 e. The Morgan fingerprint density at radius 3 is 1.35 bits per heavy atom. The Hall–Kier alpha value is -1.85. The fraction of sp³-hybridized carbons (Fsp3) is 0.833. The molecule has 63 heavy (non-hydrogen) atoms. The minimum atomic E-state index is -1.57.